The number of nitrogens with two attached hydrogens (primary N) is 1. The topological polar surface area (TPSA) is 56.7 Å². The molecule has 4 heteroatoms. The zero-order valence-electron chi connectivity index (χ0n) is 10.7. The van der Waals surface area contributed by atoms with Crippen molar-refractivity contribution in [2.24, 2.45) is 5.73 Å². The summed E-state index contributed by atoms with van der Waals surface area (Å²) >= 11 is 0. The Kier molecular flexibility index (Phi) is 2.75. The normalized spacial score (nSPS) is 11.8. The molecule has 4 nitrogen and oxygen atoms in total. The van der Waals surface area contributed by atoms with Crippen molar-refractivity contribution in [2.45, 2.75) is 33.2 Å². The third kappa shape index (κ3) is 2.36. The molecule has 17 heavy (non-hydrogen) atoms. The Balaban J connectivity index is 2.47. The molecule has 90 valence electrons. The van der Waals surface area contributed by atoms with Crippen LogP contribution in [0, 0.1) is 13.8 Å². The first kappa shape index (κ1) is 11.8. The van der Waals surface area contributed by atoms with Gasteiger partial charge in [0.1, 0.15) is 5.69 Å². The highest BCUT2D eigenvalue weighted by Crippen LogP contribution is 2.18. The van der Waals surface area contributed by atoms with E-state index >= 15 is 0 Å². The van der Waals surface area contributed by atoms with Crippen LogP contribution in [0.15, 0.2) is 24.4 Å². The van der Waals surface area contributed by atoms with Gasteiger partial charge in [0, 0.05) is 0 Å². The summed E-state index contributed by atoms with van der Waals surface area (Å²) in [4.78, 5) is 0. The molecule has 0 bridgehead atoms. The average molecular weight is 230 g/mol. The van der Waals surface area contributed by atoms with Gasteiger partial charge >= 0.3 is 0 Å². The van der Waals surface area contributed by atoms with Crippen molar-refractivity contribution in [3.63, 3.8) is 0 Å². The van der Waals surface area contributed by atoms with E-state index < -0.39 is 5.54 Å². The van der Waals surface area contributed by atoms with Gasteiger partial charge in [0.05, 0.1) is 17.4 Å². The number of benzene rings is 1. The third-order valence-corrected chi connectivity index (χ3v) is 2.77. The van der Waals surface area contributed by atoms with Gasteiger partial charge in [0.2, 0.25) is 0 Å². The zero-order valence-corrected chi connectivity index (χ0v) is 10.7. The maximum atomic E-state index is 6.00. The minimum Gasteiger partial charge on any atom is -0.320 e. The van der Waals surface area contributed by atoms with Crippen LogP contribution in [0.1, 0.15) is 30.7 Å². The summed E-state index contributed by atoms with van der Waals surface area (Å²) in [6.07, 6.45) is 1.89. The molecule has 2 rings (SSSR count). The van der Waals surface area contributed by atoms with Crippen LogP contribution in [0.5, 0.6) is 0 Å². The van der Waals surface area contributed by atoms with Crippen molar-refractivity contribution >= 4 is 0 Å². The molecule has 0 aliphatic carbocycles. The smallest absolute Gasteiger partial charge is 0.102 e. The summed E-state index contributed by atoms with van der Waals surface area (Å²) in [6.45, 7) is 7.96. The number of rotatable bonds is 2. The van der Waals surface area contributed by atoms with Crippen LogP contribution in [0.3, 0.4) is 0 Å². The summed E-state index contributed by atoms with van der Waals surface area (Å²) in [6, 6.07) is 6.26. The minimum absolute atomic E-state index is 0.462. The lowest BCUT2D eigenvalue weighted by molar-refractivity contribution is 0.533. The Morgan fingerprint density at radius 3 is 2.53 bits per heavy atom. The lowest BCUT2D eigenvalue weighted by Gasteiger charge is -2.13. The highest BCUT2D eigenvalue weighted by Gasteiger charge is 2.18. The molecule has 0 radical (unpaired) electrons. The zero-order chi connectivity index (χ0) is 12.6. The molecule has 2 N–H and O–H groups in total. The summed E-state index contributed by atoms with van der Waals surface area (Å²) in [7, 11) is 0. The van der Waals surface area contributed by atoms with Crippen LogP contribution in [-0.4, -0.2) is 15.0 Å². The Labute approximate surface area is 101 Å². The van der Waals surface area contributed by atoms with Crippen molar-refractivity contribution in [1.29, 1.82) is 0 Å². The van der Waals surface area contributed by atoms with Gasteiger partial charge in [-0.3, -0.25) is 0 Å². The van der Waals surface area contributed by atoms with Crippen molar-refractivity contribution < 1.29 is 0 Å². The molecule has 0 saturated carbocycles. The molecular weight excluding hydrogens is 212 g/mol. The number of hydrogen-bond acceptors (Lipinski definition) is 3. The molecule has 0 spiro atoms. The lowest BCUT2D eigenvalue weighted by atomic mass is 10.0. The third-order valence-electron chi connectivity index (χ3n) is 2.77. The van der Waals surface area contributed by atoms with Crippen LogP contribution in [0.25, 0.3) is 5.69 Å². The van der Waals surface area contributed by atoms with E-state index in [4.69, 9.17) is 5.73 Å². The predicted molar refractivity (Wildman–Crippen MR) is 68.0 cm³/mol. The summed E-state index contributed by atoms with van der Waals surface area (Å²) in [5, 5.41) is 8.26. The van der Waals surface area contributed by atoms with E-state index in [2.05, 4.69) is 42.4 Å². The average Bonchev–Trinajstić information content (AvgIpc) is 2.70. The van der Waals surface area contributed by atoms with Gasteiger partial charge in [0.25, 0.3) is 0 Å². The molecule has 0 aliphatic heterocycles. The highest BCUT2D eigenvalue weighted by atomic mass is 15.4. The van der Waals surface area contributed by atoms with Crippen molar-refractivity contribution in [3.8, 4) is 5.69 Å². The summed E-state index contributed by atoms with van der Waals surface area (Å²) in [5.74, 6) is 0. The Bertz CT molecular complexity index is 535. The number of aromatic nitrogens is 3. The Morgan fingerprint density at radius 2 is 1.94 bits per heavy atom. The second kappa shape index (κ2) is 3.96. The van der Waals surface area contributed by atoms with Gasteiger partial charge < -0.3 is 5.73 Å². The second-order valence-electron chi connectivity index (χ2n) is 5.06. The molecule has 0 unspecified atom stereocenters. The van der Waals surface area contributed by atoms with E-state index in [0.29, 0.717) is 0 Å². The molecule has 0 fully saturated rings. The first-order valence-corrected chi connectivity index (χ1v) is 5.67. The van der Waals surface area contributed by atoms with Crippen LogP contribution in [0.2, 0.25) is 0 Å². The van der Waals surface area contributed by atoms with Crippen molar-refractivity contribution in [3.05, 3.63) is 41.2 Å². The number of nitrogens with zero attached hydrogens (tertiary/aromatic N) is 3. The van der Waals surface area contributed by atoms with Crippen molar-refractivity contribution in [1.82, 2.24) is 15.0 Å². The molecule has 1 aromatic heterocycles. The van der Waals surface area contributed by atoms with Gasteiger partial charge in [-0.05, 0) is 44.9 Å². The van der Waals surface area contributed by atoms with Gasteiger partial charge in [-0.2, -0.15) is 0 Å². The quantitative estimate of drug-likeness (QED) is 0.859. The molecule has 1 aromatic carbocycles. The first-order chi connectivity index (χ1) is 7.88. The summed E-state index contributed by atoms with van der Waals surface area (Å²) < 4.78 is 1.78. The molecular formula is C13H18N4. The van der Waals surface area contributed by atoms with E-state index in [-0.39, 0.29) is 0 Å². The van der Waals surface area contributed by atoms with Crippen LogP contribution < -0.4 is 5.73 Å². The van der Waals surface area contributed by atoms with Crippen molar-refractivity contribution in [2.75, 3.05) is 0 Å². The number of hydrogen-bond donors (Lipinski definition) is 1. The van der Waals surface area contributed by atoms with Gasteiger partial charge in [-0.25, -0.2) is 4.68 Å². The molecule has 0 aliphatic rings. The fraction of sp³-hybridized carbons (Fsp3) is 0.385. The minimum atomic E-state index is -0.462. The fourth-order valence-electron chi connectivity index (χ4n) is 1.64. The molecule has 0 amide bonds. The van der Waals surface area contributed by atoms with E-state index in [1.165, 1.54) is 11.1 Å². The van der Waals surface area contributed by atoms with Crippen LogP contribution >= 0.6 is 0 Å². The largest absolute Gasteiger partial charge is 0.320 e. The maximum absolute atomic E-state index is 6.00. The Morgan fingerprint density at radius 1 is 1.24 bits per heavy atom. The van der Waals surface area contributed by atoms with Gasteiger partial charge in [-0.15, -0.1) is 5.10 Å². The summed E-state index contributed by atoms with van der Waals surface area (Å²) in [5.41, 5.74) is 9.75. The molecule has 1 heterocycles. The predicted octanol–water partition coefficient (Wildman–Crippen LogP) is 2.08. The van der Waals surface area contributed by atoms with Crippen LogP contribution in [0.4, 0.5) is 0 Å². The van der Waals surface area contributed by atoms with E-state index in [1.54, 1.807) is 4.68 Å². The van der Waals surface area contributed by atoms with E-state index in [9.17, 15) is 0 Å². The van der Waals surface area contributed by atoms with Gasteiger partial charge in [-0.1, -0.05) is 17.3 Å². The highest BCUT2D eigenvalue weighted by molar-refractivity contribution is 5.42. The molecule has 0 saturated heterocycles. The molecule has 2 aromatic rings. The molecule has 0 atom stereocenters. The second-order valence-corrected chi connectivity index (χ2v) is 5.06. The van der Waals surface area contributed by atoms with Crippen LogP contribution in [-0.2, 0) is 5.54 Å². The van der Waals surface area contributed by atoms with E-state index in [0.717, 1.165) is 11.4 Å². The first-order valence-electron chi connectivity index (χ1n) is 5.67. The Hall–Kier alpha value is -1.68. The van der Waals surface area contributed by atoms with E-state index in [1.807, 2.05) is 20.0 Å². The number of aryl methyl sites for hydroxylation is 2. The fourth-order valence-corrected chi connectivity index (χ4v) is 1.64. The standard InChI is InChI=1S/C13H18N4/c1-9-5-6-10(2)11(7-9)17-8-12(15-16-17)13(3,4)14/h5-8H,14H2,1-4H3. The maximum Gasteiger partial charge on any atom is 0.102 e. The SMILES string of the molecule is Cc1ccc(C)c(-n2cc(C(C)(C)N)nn2)c1. The monoisotopic (exact) mass is 230 g/mol. The van der Waals surface area contributed by atoms with Gasteiger partial charge in [0.15, 0.2) is 0 Å². The lowest BCUT2D eigenvalue weighted by Crippen LogP contribution is -2.29.